The number of aromatic nitrogens is 1. The SMILES string of the molecule is C=CC(=O)OCCCCCCOc1ccc(OC(=O)[C@H]2CC[C@H](COC3=CC(/C=N/N(C)c4nc5ccccc5s4)=C(OC[C@H]4CC[C@H](C(=O)Oc5ccc(OCCCCCCOC(=O)C=C)cc5)CC4)CC3)CC2)cc1. The van der Waals surface area contributed by atoms with E-state index in [9.17, 15) is 19.2 Å². The molecule has 2 fully saturated rings. The van der Waals surface area contributed by atoms with E-state index in [2.05, 4.69) is 19.2 Å². The maximum absolute atomic E-state index is 13.2. The lowest BCUT2D eigenvalue weighted by molar-refractivity contribution is -0.141. The summed E-state index contributed by atoms with van der Waals surface area (Å²) in [4.78, 5) is 53.5. The Hall–Kier alpha value is -6.94. The molecule has 0 bridgehead atoms. The summed E-state index contributed by atoms with van der Waals surface area (Å²) in [6.45, 7) is 9.86. The molecule has 0 aliphatic heterocycles. The lowest BCUT2D eigenvalue weighted by Gasteiger charge is -2.29. The van der Waals surface area contributed by atoms with Gasteiger partial charge in [-0.15, -0.1) is 0 Å². The van der Waals surface area contributed by atoms with Crippen molar-refractivity contribution >= 4 is 56.8 Å². The molecule has 412 valence electrons. The third-order valence-electron chi connectivity index (χ3n) is 14.0. The summed E-state index contributed by atoms with van der Waals surface area (Å²) >= 11 is 1.58. The Morgan fingerprint density at radius 2 is 1.08 bits per heavy atom. The van der Waals surface area contributed by atoms with Crippen molar-refractivity contribution in [3.05, 3.63) is 121 Å². The molecule has 0 amide bonds. The van der Waals surface area contributed by atoms with E-state index in [0.29, 0.717) is 75.8 Å². The molecular formula is C61H75N3O12S. The van der Waals surface area contributed by atoms with Crippen molar-refractivity contribution in [2.75, 3.05) is 51.7 Å². The van der Waals surface area contributed by atoms with Crippen molar-refractivity contribution in [2.24, 2.45) is 28.8 Å². The van der Waals surface area contributed by atoms with Crippen LogP contribution in [0.3, 0.4) is 0 Å². The summed E-state index contributed by atoms with van der Waals surface area (Å²) in [5.41, 5.74) is 1.79. The van der Waals surface area contributed by atoms with E-state index in [0.717, 1.165) is 147 Å². The van der Waals surface area contributed by atoms with Gasteiger partial charge in [0, 0.05) is 37.6 Å². The van der Waals surface area contributed by atoms with Crippen molar-refractivity contribution < 1.29 is 57.1 Å². The third-order valence-corrected chi connectivity index (χ3v) is 15.1. The first-order chi connectivity index (χ1) is 37.6. The van der Waals surface area contributed by atoms with Crippen LogP contribution in [0.2, 0.25) is 0 Å². The first-order valence-electron chi connectivity index (χ1n) is 27.4. The van der Waals surface area contributed by atoms with Crippen LogP contribution in [0.15, 0.2) is 126 Å². The summed E-state index contributed by atoms with van der Waals surface area (Å²) in [6.07, 6.45) is 21.2. The quantitative estimate of drug-likeness (QED) is 0.0116. The van der Waals surface area contributed by atoms with Gasteiger partial charge in [0.15, 0.2) is 0 Å². The molecule has 3 aliphatic rings. The van der Waals surface area contributed by atoms with E-state index in [1.807, 2.05) is 61.8 Å². The van der Waals surface area contributed by atoms with Gasteiger partial charge in [-0.3, -0.25) is 9.59 Å². The normalized spacial score (nSPS) is 18.4. The van der Waals surface area contributed by atoms with Crippen molar-refractivity contribution in [3.8, 4) is 23.0 Å². The predicted molar refractivity (Wildman–Crippen MR) is 298 cm³/mol. The molecular weight excluding hydrogens is 999 g/mol. The molecule has 2 saturated carbocycles. The Kier molecular flexibility index (Phi) is 23.5. The highest BCUT2D eigenvalue weighted by molar-refractivity contribution is 7.22. The Labute approximate surface area is 457 Å². The fourth-order valence-electron chi connectivity index (χ4n) is 9.42. The van der Waals surface area contributed by atoms with E-state index < -0.39 is 11.9 Å². The molecule has 7 rings (SSSR count). The molecule has 0 saturated heterocycles. The summed E-state index contributed by atoms with van der Waals surface area (Å²) in [5, 5.41) is 7.39. The van der Waals surface area contributed by atoms with Gasteiger partial charge in [-0.2, -0.15) is 5.10 Å². The number of benzene rings is 3. The second kappa shape index (κ2) is 31.3. The minimum atomic E-state index is -0.393. The minimum absolute atomic E-state index is 0.161. The summed E-state index contributed by atoms with van der Waals surface area (Å²) in [7, 11) is 1.90. The van der Waals surface area contributed by atoms with Gasteiger partial charge in [0.2, 0.25) is 5.13 Å². The monoisotopic (exact) mass is 1070 g/mol. The number of carbonyl (C=O) groups is 4. The van der Waals surface area contributed by atoms with Crippen molar-refractivity contribution in [1.82, 2.24) is 4.98 Å². The molecule has 16 heteroatoms. The molecule has 0 spiro atoms. The number of esters is 4. The molecule has 3 aliphatic carbocycles. The molecule has 15 nitrogen and oxygen atoms in total. The van der Waals surface area contributed by atoms with E-state index in [-0.39, 0.29) is 23.8 Å². The highest BCUT2D eigenvalue weighted by Crippen LogP contribution is 2.35. The molecule has 4 aromatic rings. The number of fused-ring (bicyclic) bond motifs is 1. The Bertz CT molecular complexity index is 2590. The molecule has 0 unspecified atom stereocenters. The first kappa shape index (κ1) is 57.8. The van der Waals surface area contributed by atoms with E-state index in [1.165, 1.54) is 12.2 Å². The second-order valence-electron chi connectivity index (χ2n) is 19.8. The van der Waals surface area contributed by atoms with Crippen molar-refractivity contribution in [2.45, 2.75) is 116 Å². The zero-order valence-corrected chi connectivity index (χ0v) is 45.4. The number of unbranched alkanes of at least 4 members (excludes halogenated alkanes) is 6. The number of hydrazone groups is 1. The lowest BCUT2D eigenvalue weighted by atomic mass is 9.82. The van der Waals surface area contributed by atoms with Crippen molar-refractivity contribution in [3.63, 3.8) is 0 Å². The van der Waals surface area contributed by atoms with Gasteiger partial charge < -0.3 is 37.9 Å². The van der Waals surface area contributed by atoms with Gasteiger partial charge in [0.25, 0.3) is 0 Å². The van der Waals surface area contributed by atoms with Crippen LogP contribution in [-0.2, 0) is 38.1 Å². The number of thiazole rings is 1. The standard InChI is InChI=1S/C61H75N3O12S/c1-4-57(65)71-38-14-8-6-12-36-69-49-26-30-51(31-27-49)75-59(67)46-22-18-44(19-23-46)42-73-53-34-35-55(48(40-53)41-62-64(3)61-63-54-16-10-11-17-56(54)77-61)74-43-45-20-24-47(25-21-45)60(68)76-52-32-28-50(29-33-52)70-37-13-7-9-15-39-72-58(66)5-2/h4-5,10-11,16-17,26-33,40-41,44-47H,1-2,6-9,12-15,18-25,34-39,42-43H2,3H3/b62-41+/t44-,45-,46-,47-. The number of rotatable bonds is 31. The van der Waals surface area contributed by atoms with Gasteiger partial charge in [-0.25, -0.2) is 19.6 Å². The van der Waals surface area contributed by atoms with Crippen LogP contribution in [0.5, 0.6) is 23.0 Å². The van der Waals surface area contributed by atoms with Crippen LogP contribution in [0.25, 0.3) is 10.2 Å². The van der Waals surface area contributed by atoms with Gasteiger partial charge in [-0.1, -0.05) is 36.6 Å². The maximum atomic E-state index is 13.2. The number of nitrogens with zero attached hydrogens (tertiary/aromatic N) is 3. The Balaban J connectivity index is 0.832. The van der Waals surface area contributed by atoms with Gasteiger partial charge >= 0.3 is 23.9 Å². The topological polar surface area (TPSA) is 171 Å². The summed E-state index contributed by atoms with van der Waals surface area (Å²) < 4.78 is 47.5. The van der Waals surface area contributed by atoms with Crippen molar-refractivity contribution in [1.29, 1.82) is 0 Å². The lowest BCUT2D eigenvalue weighted by Crippen LogP contribution is -2.27. The van der Waals surface area contributed by atoms with Crippen LogP contribution in [0.1, 0.15) is 116 Å². The Morgan fingerprint density at radius 3 is 1.58 bits per heavy atom. The predicted octanol–water partition coefficient (Wildman–Crippen LogP) is 12.8. The number of ether oxygens (including phenoxy) is 8. The molecule has 0 N–H and O–H groups in total. The highest BCUT2D eigenvalue weighted by Gasteiger charge is 2.30. The fraction of sp³-hybridized carbons (Fsp3) is 0.475. The number of hydrogen-bond acceptors (Lipinski definition) is 16. The van der Waals surface area contributed by atoms with E-state index in [1.54, 1.807) is 40.6 Å². The molecule has 0 atom stereocenters. The van der Waals surface area contributed by atoms with Gasteiger partial charge in [0.1, 0.15) is 28.8 Å². The highest BCUT2D eigenvalue weighted by atomic mass is 32.1. The summed E-state index contributed by atoms with van der Waals surface area (Å²) in [6, 6.07) is 22.4. The van der Waals surface area contributed by atoms with Crippen LogP contribution in [-0.4, -0.2) is 81.8 Å². The van der Waals surface area contributed by atoms with E-state index >= 15 is 0 Å². The largest absolute Gasteiger partial charge is 0.498 e. The second-order valence-corrected chi connectivity index (χ2v) is 20.8. The average molecular weight is 1070 g/mol. The van der Waals surface area contributed by atoms with Crippen LogP contribution in [0.4, 0.5) is 5.13 Å². The van der Waals surface area contributed by atoms with Crippen LogP contribution in [0, 0.1) is 23.7 Å². The molecule has 3 aromatic carbocycles. The number of anilines is 1. The molecule has 77 heavy (non-hydrogen) atoms. The molecule has 1 heterocycles. The average Bonchev–Trinajstić information content (AvgIpc) is 3.91. The fourth-order valence-corrected chi connectivity index (χ4v) is 10.3. The number of para-hydroxylation sites is 1. The number of allylic oxidation sites excluding steroid dienone is 4. The third kappa shape index (κ3) is 19.5. The van der Waals surface area contributed by atoms with E-state index in [4.69, 9.17) is 48.0 Å². The van der Waals surface area contributed by atoms with Gasteiger partial charge in [0.05, 0.1) is 73.7 Å². The molecule has 1 aromatic heterocycles. The minimum Gasteiger partial charge on any atom is -0.498 e. The first-order valence-corrected chi connectivity index (χ1v) is 28.2. The van der Waals surface area contributed by atoms with Crippen LogP contribution >= 0.6 is 11.3 Å². The Morgan fingerprint density at radius 1 is 0.597 bits per heavy atom. The van der Waals surface area contributed by atoms with Gasteiger partial charge in [-0.05, 0) is 181 Å². The summed E-state index contributed by atoms with van der Waals surface area (Å²) in [5.74, 6) is 3.31. The number of hydrogen-bond donors (Lipinski definition) is 0. The molecule has 0 radical (unpaired) electrons. The zero-order chi connectivity index (χ0) is 54.0. The number of carbonyl (C=O) groups excluding carboxylic acids is 4. The smallest absolute Gasteiger partial charge is 0.330 e. The zero-order valence-electron chi connectivity index (χ0n) is 44.6. The maximum Gasteiger partial charge on any atom is 0.330 e. The van der Waals surface area contributed by atoms with Crippen LogP contribution < -0.4 is 24.0 Å².